The molecule has 1 N–H and O–H groups in total. The van der Waals surface area contributed by atoms with Gasteiger partial charge in [0.25, 0.3) is 5.56 Å². The summed E-state index contributed by atoms with van der Waals surface area (Å²) in [5, 5.41) is 8.85. The maximum atomic E-state index is 12.5. The van der Waals surface area contributed by atoms with Crippen LogP contribution in [0, 0.1) is 5.92 Å². The van der Waals surface area contributed by atoms with Gasteiger partial charge in [0.15, 0.2) is 0 Å². The molecule has 1 fully saturated rings. The fraction of sp³-hybridized carbons (Fsp3) is 0.526. The molecule has 2 aromatic rings. The van der Waals surface area contributed by atoms with Gasteiger partial charge in [-0.05, 0) is 31.2 Å². The zero-order valence-corrected chi connectivity index (χ0v) is 14.2. The Morgan fingerprint density at radius 3 is 2.83 bits per heavy atom. The van der Waals surface area contributed by atoms with Gasteiger partial charge < -0.3 is 5.32 Å². The van der Waals surface area contributed by atoms with Crippen LogP contribution in [-0.4, -0.2) is 21.7 Å². The molecular weight excluding hydrogens is 302 g/mol. The molecule has 5 nitrogen and oxygen atoms in total. The molecule has 1 heterocycles. The molecule has 0 unspecified atom stereocenters. The van der Waals surface area contributed by atoms with Crippen molar-refractivity contribution in [1.82, 2.24) is 15.1 Å². The molecule has 1 aliphatic rings. The van der Waals surface area contributed by atoms with Crippen molar-refractivity contribution in [3.63, 3.8) is 0 Å². The van der Waals surface area contributed by atoms with Crippen molar-refractivity contribution in [2.24, 2.45) is 5.92 Å². The molecule has 128 valence electrons. The highest BCUT2D eigenvalue weighted by molar-refractivity contribution is 5.80. The number of aromatic nitrogens is 2. The third-order valence-corrected chi connectivity index (χ3v) is 4.96. The molecule has 0 radical (unpaired) electrons. The van der Waals surface area contributed by atoms with Gasteiger partial charge in [-0.15, -0.1) is 0 Å². The lowest BCUT2D eigenvalue weighted by Crippen LogP contribution is -2.41. The predicted octanol–water partition coefficient (Wildman–Crippen LogP) is 2.87. The Morgan fingerprint density at radius 1 is 1.33 bits per heavy atom. The lowest BCUT2D eigenvalue weighted by molar-refractivity contribution is -0.122. The van der Waals surface area contributed by atoms with Crippen LogP contribution in [0.4, 0.5) is 0 Å². The molecule has 0 spiro atoms. The second-order valence-electron chi connectivity index (χ2n) is 6.75. The van der Waals surface area contributed by atoms with Gasteiger partial charge in [0.2, 0.25) is 5.91 Å². The minimum absolute atomic E-state index is 0.0646. The number of carbonyl (C=O) groups is 1. The number of amides is 1. The Labute approximate surface area is 142 Å². The highest BCUT2D eigenvalue weighted by atomic mass is 16.2. The molecule has 1 aliphatic carbocycles. The number of nitrogens with zero attached hydrogens (tertiary/aromatic N) is 2. The van der Waals surface area contributed by atoms with Gasteiger partial charge in [0, 0.05) is 17.8 Å². The highest BCUT2D eigenvalue weighted by Gasteiger charge is 2.20. The molecule has 1 aromatic carbocycles. The lowest BCUT2D eigenvalue weighted by Gasteiger charge is -2.19. The summed E-state index contributed by atoms with van der Waals surface area (Å²) >= 11 is 0. The van der Waals surface area contributed by atoms with Crippen LogP contribution >= 0.6 is 0 Å². The fourth-order valence-electron chi connectivity index (χ4n) is 3.51. The third-order valence-electron chi connectivity index (χ3n) is 4.96. The van der Waals surface area contributed by atoms with E-state index in [0.717, 1.165) is 24.6 Å². The van der Waals surface area contributed by atoms with E-state index >= 15 is 0 Å². The van der Waals surface area contributed by atoms with Crippen molar-refractivity contribution in [2.45, 2.75) is 58.0 Å². The second-order valence-corrected chi connectivity index (χ2v) is 6.75. The van der Waals surface area contributed by atoms with Crippen LogP contribution in [0.25, 0.3) is 10.8 Å². The van der Waals surface area contributed by atoms with E-state index in [1.54, 1.807) is 6.20 Å². The van der Waals surface area contributed by atoms with Gasteiger partial charge in [0.05, 0.1) is 18.1 Å². The molecule has 1 aromatic heterocycles. The number of hydrogen-bond acceptors (Lipinski definition) is 3. The maximum Gasteiger partial charge on any atom is 0.274 e. The predicted molar refractivity (Wildman–Crippen MR) is 94.8 cm³/mol. The van der Waals surface area contributed by atoms with Crippen molar-refractivity contribution in [2.75, 3.05) is 0 Å². The van der Waals surface area contributed by atoms with Crippen molar-refractivity contribution in [3.05, 3.63) is 40.8 Å². The maximum absolute atomic E-state index is 12.5. The third kappa shape index (κ3) is 3.83. The molecule has 0 bridgehead atoms. The first-order valence-electron chi connectivity index (χ1n) is 8.91. The number of nitrogens with one attached hydrogen (secondary N) is 1. The average molecular weight is 327 g/mol. The molecule has 1 saturated carbocycles. The van der Waals surface area contributed by atoms with E-state index < -0.39 is 0 Å². The Bertz CT molecular complexity index is 763. The van der Waals surface area contributed by atoms with Crippen molar-refractivity contribution in [1.29, 1.82) is 0 Å². The van der Waals surface area contributed by atoms with E-state index in [9.17, 15) is 9.59 Å². The molecule has 1 atom stereocenters. The SMILES string of the molecule is CC[C@H](Cn1ncc2ccccc2c1=O)NC(=O)CC1CCCC1. The lowest BCUT2D eigenvalue weighted by atomic mass is 10.0. The standard InChI is InChI=1S/C19H25N3O2/c1-2-16(21-18(23)11-14-7-3-4-8-14)13-22-19(24)17-10-6-5-9-15(17)12-20-22/h5-6,9-10,12,14,16H,2-4,7-8,11,13H2,1H3,(H,21,23)/t16-/m1/s1. The van der Waals surface area contributed by atoms with Crippen LogP contribution in [0.15, 0.2) is 35.3 Å². The second kappa shape index (κ2) is 7.60. The Balaban J connectivity index is 1.67. The molecule has 3 rings (SSSR count). The van der Waals surface area contributed by atoms with E-state index in [0.29, 0.717) is 24.3 Å². The molecule has 0 aliphatic heterocycles. The molecule has 1 amide bonds. The number of hydrogen-bond donors (Lipinski definition) is 1. The van der Waals surface area contributed by atoms with E-state index in [-0.39, 0.29) is 17.5 Å². The first kappa shape index (κ1) is 16.7. The monoisotopic (exact) mass is 327 g/mol. The average Bonchev–Trinajstić information content (AvgIpc) is 3.09. The quantitative estimate of drug-likeness (QED) is 0.887. The minimum Gasteiger partial charge on any atom is -0.352 e. The highest BCUT2D eigenvalue weighted by Crippen LogP contribution is 2.27. The van der Waals surface area contributed by atoms with Gasteiger partial charge in [0.1, 0.15) is 0 Å². The van der Waals surface area contributed by atoms with Gasteiger partial charge in [-0.2, -0.15) is 5.10 Å². The van der Waals surface area contributed by atoms with Gasteiger partial charge in [-0.3, -0.25) is 9.59 Å². The summed E-state index contributed by atoms with van der Waals surface area (Å²) in [6, 6.07) is 7.38. The van der Waals surface area contributed by atoms with Gasteiger partial charge in [-0.25, -0.2) is 4.68 Å². The van der Waals surface area contributed by atoms with Crippen LogP contribution in [-0.2, 0) is 11.3 Å². The normalized spacial score (nSPS) is 16.4. The zero-order chi connectivity index (χ0) is 16.9. The van der Waals surface area contributed by atoms with E-state index in [1.807, 2.05) is 31.2 Å². The summed E-state index contributed by atoms with van der Waals surface area (Å²) in [4.78, 5) is 24.8. The van der Waals surface area contributed by atoms with E-state index in [1.165, 1.54) is 17.5 Å². The summed E-state index contributed by atoms with van der Waals surface area (Å²) in [7, 11) is 0. The van der Waals surface area contributed by atoms with Gasteiger partial charge in [-0.1, -0.05) is 38.0 Å². The fourth-order valence-corrected chi connectivity index (χ4v) is 3.51. The molecule has 0 saturated heterocycles. The summed E-state index contributed by atoms with van der Waals surface area (Å²) in [6.45, 7) is 2.43. The van der Waals surface area contributed by atoms with Crippen molar-refractivity contribution >= 4 is 16.7 Å². The molecular formula is C19H25N3O2. The first-order chi connectivity index (χ1) is 11.7. The zero-order valence-electron chi connectivity index (χ0n) is 14.2. The Morgan fingerprint density at radius 2 is 2.08 bits per heavy atom. The number of carbonyl (C=O) groups excluding carboxylic acids is 1. The van der Waals surface area contributed by atoms with Crippen molar-refractivity contribution in [3.8, 4) is 0 Å². The van der Waals surface area contributed by atoms with E-state index in [2.05, 4.69) is 10.4 Å². The van der Waals surface area contributed by atoms with Crippen LogP contribution in [0.1, 0.15) is 45.4 Å². The molecule has 24 heavy (non-hydrogen) atoms. The number of fused-ring (bicyclic) bond motifs is 1. The van der Waals surface area contributed by atoms with Crippen molar-refractivity contribution < 1.29 is 4.79 Å². The van der Waals surface area contributed by atoms with Crippen LogP contribution in [0.3, 0.4) is 0 Å². The van der Waals surface area contributed by atoms with Gasteiger partial charge >= 0.3 is 0 Å². The van der Waals surface area contributed by atoms with Crippen LogP contribution in [0.2, 0.25) is 0 Å². The topological polar surface area (TPSA) is 64.0 Å². The van der Waals surface area contributed by atoms with Crippen LogP contribution < -0.4 is 10.9 Å². The Hall–Kier alpha value is -2.17. The van der Waals surface area contributed by atoms with Crippen LogP contribution in [0.5, 0.6) is 0 Å². The smallest absolute Gasteiger partial charge is 0.274 e. The molecule has 5 heteroatoms. The summed E-state index contributed by atoms with van der Waals surface area (Å²) in [5.74, 6) is 0.631. The summed E-state index contributed by atoms with van der Waals surface area (Å²) < 4.78 is 1.46. The Kier molecular flexibility index (Phi) is 5.28. The number of rotatable bonds is 6. The summed E-state index contributed by atoms with van der Waals surface area (Å²) in [6.07, 6.45) is 7.90. The first-order valence-corrected chi connectivity index (χ1v) is 8.91. The number of benzene rings is 1. The largest absolute Gasteiger partial charge is 0.352 e. The minimum atomic E-state index is -0.100. The van der Waals surface area contributed by atoms with E-state index in [4.69, 9.17) is 0 Å². The summed E-state index contributed by atoms with van der Waals surface area (Å²) in [5.41, 5.74) is -0.100.